The van der Waals surface area contributed by atoms with E-state index in [0.717, 1.165) is 13.0 Å². The fourth-order valence-electron chi connectivity index (χ4n) is 1.40. The smallest absolute Gasteiger partial charge is 0.240 e. The molecule has 0 aliphatic rings. The predicted octanol–water partition coefficient (Wildman–Crippen LogP) is 0.944. The second-order valence-corrected chi connectivity index (χ2v) is 4.02. The number of aromatic amines is 1. The standard InChI is InChI=1S/C10H13ClN6O/c1-2-3-12-4-6(18)15-10-16-8(11)7-9(17-10)14-5-13-7/h5,12H,2-4H2,1H3,(H2,13,14,15,16,17,18). The molecule has 2 aromatic heterocycles. The Kier molecular flexibility index (Phi) is 4.06. The maximum absolute atomic E-state index is 11.5. The topological polar surface area (TPSA) is 95.6 Å². The number of anilines is 1. The van der Waals surface area contributed by atoms with Crippen LogP contribution in [0.4, 0.5) is 5.95 Å². The summed E-state index contributed by atoms with van der Waals surface area (Å²) in [6.07, 6.45) is 2.44. The summed E-state index contributed by atoms with van der Waals surface area (Å²) in [5, 5.41) is 5.77. The molecule has 0 saturated heterocycles. The zero-order valence-corrected chi connectivity index (χ0v) is 10.6. The molecule has 0 aliphatic heterocycles. The quantitative estimate of drug-likeness (QED) is 0.554. The number of hydrogen-bond acceptors (Lipinski definition) is 5. The molecule has 0 aliphatic carbocycles. The maximum atomic E-state index is 11.5. The van der Waals surface area contributed by atoms with E-state index < -0.39 is 0 Å². The number of H-pyrrole nitrogens is 1. The molecule has 0 unspecified atom stereocenters. The molecule has 2 rings (SSSR count). The number of nitrogens with zero attached hydrogens (tertiary/aromatic N) is 3. The normalized spacial score (nSPS) is 10.8. The monoisotopic (exact) mass is 268 g/mol. The summed E-state index contributed by atoms with van der Waals surface area (Å²) in [5.74, 6) is -0.0581. The number of nitrogens with one attached hydrogen (secondary N) is 3. The molecular weight excluding hydrogens is 256 g/mol. The Labute approximate surface area is 108 Å². The van der Waals surface area contributed by atoms with Crippen LogP contribution in [0.1, 0.15) is 13.3 Å². The van der Waals surface area contributed by atoms with Gasteiger partial charge in [0.1, 0.15) is 5.52 Å². The average Bonchev–Trinajstić information content (AvgIpc) is 2.78. The van der Waals surface area contributed by atoms with E-state index in [4.69, 9.17) is 11.6 Å². The Bertz CT molecular complexity index is 554. The number of carbonyl (C=O) groups is 1. The van der Waals surface area contributed by atoms with Crippen molar-refractivity contribution in [2.45, 2.75) is 13.3 Å². The van der Waals surface area contributed by atoms with Gasteiger partial charge < -0.3 is 10.3 Å². The van der Waals surface area contributed by atoms with E-state index in [2.05, 4.69) is 30.6 Å². The van der Waals surface area contributed by atoms with Gasteiger partial charge in [-0.25, -0.2) is 4.98 Å². The molecule has 0 fully saturated rings. The van der Waals surface area contributed by atoms with Crippen molar-refractivity contribution in [2.75, 3.05) is 18.4 Å². The highest BCUT2D eigenvalue weighted by atomic mass is 35.5. The molecule has 0 bridgehead atoms. The molecule has 8 heteroatoms. The van der Waals surface area contributed by atoms with Gasteiger partial charge >= 0.3 is 0 Å². The molecule has 7 nitrogen and oxygen atoms in total. The Hall–Kier alpha value is -1.73. The van der Waals surface area contributed by atoms with Crippen LogP contribution in [0.15, 0.2) is 6.33 Å². The molecule has 3 N–H and O–H groups in total. The third-order valence-electron chi connectivity index (χ3n) is 2.21. The number of carbonyl (C=O) groups excluding carboxylic acids is 1. The van der Waals surface area contributed by atoms with Gasteiger partial charge in [-0.2, -0.15) is 9.97 Å². The highest BCUT2D eigenvalue weighted by Gasteiger charge is 2.10. The van der Waals surface area contributed by atoms with Crippen LogP contribution in [-0.4, -0.2) is 38.9 Å². The van der Waals surface area contributed by atoms with Gasteiger partial charge in [0.15, 0.2) is 10.8 Å². The largest absolute Gasteiger partial charge is 0.341 e. The Morgan fingerprint density at radius 1 is 1.50 bits per heavy atom. The lowest BCUT2D eigenvalue weighted by molar-refractivity contribution is -0.115. The molecule has 0 aromatic carbocycles. The third kappa shape index (κ3) is 2.93. The number of aromatic nitrogens is 4. The lowest BCUT2D eigenvalue weighted by atomic mass is 10.4. The fraction of sp³-hybridized carbons (Fsp3) is 0.400. The van der Waals surface area contributed by atoms with Crippen molar-refractivity contribution in [1.82, 2.24) is 25.3 Å². The van der Waals surface area contributed by atoms with Gasteiger partial charge in [0.2, 0.25) is 11.9 Å². The minimum atomic E-state index is -0.214. The van der Waals surface area contributed by atoms with Crippen molar-refractivity contribution in [3.05, 3.63) is 11.5 Å². The van der Waals surface area contributed by atoms with Crippen molar-refractivity contribution in [1.29, 1.82) is 0 Å². The SMILES string of the molecule is CCCNCC(=O)Nc1nc(Cl)c2[nH]cnc2n1. The predicted molar refractivity (Wildman–Crippen MR) is 68.5 cm³/mol. The Morgan fingerprint density at radius 3 is 3.11 bits per heavy atom. The minimum absolute atomic E-state index is 0.155. The van der Waals surface area contributed by atoms with Crippen molar-refractivity contribution in [3.8, 4) is 0 Å². The Morgan fingerprint density at radius 2 is 2.33 bits per heavy atom. The number of imidazole rings is 1. The average molecular weight is 269 g/mol. The van der Waals surface area contributed by atoms with Crippen LogP contribution in [0, 0.1) is 0 Å². The van der Waals surface area contributed by atoms with E-state index in [9.17, 15) is 4.79 Å². The van der Waals surface area contributed by atoms with Gasteiger partial charge in [-0.1, -0.05) is 18.5 Å². The van der Waals surface area contributed by atoms with Crippen LogP contribution in [0.2, 0.25) is 5.15 Å². The van der Waals surface area contributed by atoms with Crippen LogP contribution in [0.5, 0.6) is 0 Å². The van der Waals surface area contributed by atoms with E-state index in [-0.39, 0.29) is 23.6 Å². The zero-order chi connectivity index (χ0) is 13.0. The molecule has 0 radical (unpaired) electrons. The van der Waals surface area contributed by atoms with Gasteiger partial charge in [-0.3, -0.25) is 10.1 Å². The van der Waals surface area contributed by atoms with Crippen molar-refractivity contribution >= 4 is 34.6 Å². The van der Waals surface area contributed by atoms with Crippen LogP contribution >= 0.6 is 11.6 Å². The fourth-order valence-corrected chi connectivity index (χ4v) is 1.62. The third-order valence-corrected chi connectivity index (χ3v) is 2.48. The van der Waals surface area contributed by atoms with Crippen LogP contribution in [0.25, 0.3) is 11.2 Å². The molecule has 2 aromatic rings. The van der Waals surface area contributed by atoms with Crippen LogP contribution < -0.4 is 10.6 Å². The van der Waals surface area contributed by atoms with Gasteiger partial charge in [0.05, 0.1) is 12.9 Å². The summed E-state index contributed by atoms with van der Waals surface area (Å²) in [7, 11) is 0. The summed E-state index contributed by atoms with van der Waals surface area (Å²) in [5.41, 5.74) is 0.977. The van der Waals surface area contributed by atoms with Crippen molar-refractivity contribution < 1.29 is 4.79 Å². The second-order valence-electron chi connectivity index (χ2n) is 3.66. The van der Waals surface area contributed by atoms with Crippen molar-refractivity contribution in [3.63, 3.8) is 0 Å². The van der Waals surface area contributed by atoms with E-state index in [0.29, 0.717) is 11.2 Å². The van der Waals surface area contributed by atoms with Gasteiger partial charge in [-0.05, 0) is 13.0 Å². The highest BCUT2D eigenvalue weighted by molar-refractivity contribution is 6.33. The lowest BCUT2D eigenvalue weighted by Crippen LogP contribution is -2.29. The molecule has 96 valence electrons. The summed E-state index contributed by atoms with van der Waals surface area (Å²) in [6.45, 7) is 3.03. The molecule has 0 spiro atoms. The summed E-state index contributed by atoms with van der Waals surface area (Å²) in [4.78, 5) is 26.4. The van der Waals surface area contributed by atoms with E-state index in [1.165, 1.54) is 6.33 Å². The van der Waals surface area contributed by atoms with Gasteiger partial charge in [0, 0.05) is 0 Å². The number of hydrogen-bond donors (Lipinski definition) is 3. The summed E-state index contributed by atoms with van der Waals surface area (Å²) in [6, 6.07) is 0. The molecule has 2 heterocycles. The number of rotatable bonds is 5. The molecular formula is C10H13ClN6O. The number of amides is 1. The summed E-state index contributed by atoms with van der Waals surface area (Å²) >= 11 is 5.92. The van der Waals surface area contributed by atoms with E-state index in [1.807, 2.05) is 6.92 Å². The lowest BCUT2D eigenvalue weighted by Gasteiger charge is -2.04. The Balaban J connectivity index is 2.05. The maximum Gasteiger partial charge on any atom is 0.240 e. The molecule has 0 atom stereocenters. The van der Waals surface area contributed by atoms with E-state index >= 15 is 0 Å². The van der Waals surface area contributed by atoms with Crippen LogP contribution in [-0.2, 0) is 4.79 Å². The first kappa shape index (κ1) is 12.7. The highest BCUT2D eigenvalue weighted by Crippen LogP contribution is 2.17. The molecule has 0 saturated carbocycles. The minimum Gasteiger partial charge on any atom is -0.341 e. The number of fused-ring (bicyclic) bond motifs is 1. The first-order chi connectivity index (χ1) is 8.70. The zero-order valence-electron chi connectivity index (χ0n) is 9.83. The summed E-state index contributed by atoms with van der Waals surface area (Å²) < 4.78 is 0. The van der Waals surface area contributed by atoms with Crippen LogP contribution in [0.3, 0.4) is 0 Å². The molecule has 18 heavy (non-hydrogen) atoms. The van der Waals surface area contributed by atoms with E-state index in [1.54, 1.807) is 0 Å². The first-order valence-electron chi connectivity index (χ1n) is 5.58. The van der Waals surface area contributed by atoms with Gasteiger partial charge in [0.25, 0.3) is 0 Å². The second kappa shape index (κ2) is 5.74. The first-order valence-corrected chi connectivity index (χ1v) is 5.95. The number of halogens is 1. The molecule has 1 amide bonds. The van der Waals surface area contributed by atoms with Crippen molar-refractivity contribution in [2.24, 2.45) is 0 Å². The van der Waals surface area contributed by atoms with Gasteiger partial charge in [-0.15, -0.1) is 0 Å².